The summed E-state index contributed by atoms with van der Waals surface area (Å²) in [7, 11) is 0. The molecule has 11 rings (SSSR count). The van der Waals surface area contributed by atoms with Gasteiger partial charge < -0.3 is 4.57 Å². The van der Waals surface area contributed by atoms with Crippen LogP contribution in [0.25, 0.3) is 76.8 Å². The molecule has 48 heavy (non-hydrogen) atoms. The Morgan fingerprint density at radius 1 is 0.583 bits per heavy atom. The Morgan fingerprint density at radius 3 is 2.23 bits per heavy atom. The van der Waals surface area contributed by atoms with Crippen molar-refractivity contribution in [2.75, 3.05) is 0 Å². The van der Waals surface area contributed by atoms with E-state index in [1.54, 1.807) is 11.3 Å². The summed E-state index contributed by atoms with van der Waals surface area (Å²) in [5.74, 6) is 2.11. The van der Waals surface area contributed by atoms with Crippen LogP contribution in [0.4, 0.5) is 0 Å². The van der Waals surface area contributed by atoms with Crippen LogP contribution in [0.2, 0.25) is 0 Å². The van der Waals surface area contributed by atoms with Gasteiger partial charge in [-0.3, -0.25) is 0 Å². The second-order valence-electron chi connectivity index (χ2n) is 12.8. The minimum atomic E-state index is -0.437. The molecular formula is C43H26N4S. The molecule has 0 radical (unpaired) electrons. The number of hydrogen-bond acceptors (Lipinski definition) is 4. The maximum absolute atomic E-state index is 5.40. The molecule has 0 amide bonds. The highest BCUT2D eigenvalue weighted by atomic mass is 32.1. The monoisotopic (exact) mass is 630 g/mol. The molecule has 5 aromatic carbocycles. The van der Waals surface area contributed by atoms with Gasteiger partial charge >= 0.3 is 0 Å². The molecule has 0 N–H and O–H groups in total. The van der Waals surface area contributed by atoms with E-state index in [1.807, 2.05) is 18.2 Å². The molecule has 2 aliphatic carbocycles. The highest BCUT2D eigenvalue weighted by Crippen LogP contribution is 2.61. The minimum absolute atomic E-state index is 0.437. The van der Waals surface area contributed by atoms with Gasteiger partial charge in [-0.1, -0.05) is 121 Å². The van der Waals surface area contributed by atoms with Crippen molar-refractivity contribution in [1.29, 1.82) is 0 Å². The summed E-state index contributed by atoms with van der Waals surface area (Å²) in [5.41, 5.74) is 10.3. The largest absolute Gasteiger partial charge is 0.311 e. The summed E-state index contributed by atoms with van der Waals surface area (Å²) < 4.78 is 4.96. The Labute approximate surface area is 280 Å². The quantitative estimate of drug-likeness (QED) is 0.195. The van der Waals surface area contributed by atoms with Crippen molar-refractivity contribution >= 4 is 59.6 Å². The maximum Gasteiger partial charge on any atom is 0.165 e. The van der Waals surface area contributed by atoms with Gasteiger partial charge in [0.15, 0.2) is 17.5 Å². The molecule has 5 heteroatoms. The predicted octanol–water partition coefficient (Wildman–Crippen LogP) is 10.7. The fraction of sp³-hybridized carbons (Fsp3) is 0.0465. The van der Waals surface area contributed by atoms with Crippen LogP contribution in [0.5, 0.6) is 0 Å². The second kappa shape index (κ2) is 9.57. The lowest BCUT2D eigenvalue weighted by atomic mass is 9.64. The van der Waals surface area contributed by atoms with Crippen molar-refractivity contribution in [2.24, 2.45) is 0 Å². The molecule has 3 aliphatic rings. The fourth-order valence-electron chi connectivity index (χ4n) is 8.36. The van der Waals surface area contributed by atoms with Crippen LogP contribution in [-0.2, 0) is 5.41 Å². The number of aromatic nitrogens is 4. The topological polar surface area (TPSA) is 43.6 Å². The van der Waals surface area contributed by atoms with Crippen LogP contribution < -0.4 is 0 Å². The molecule has 0 fully saturated rings. The second-order valence-corrected chi connectivity index (χ2v) is 13.8. The van der Waals surface area contributed by atoms with Crippen LogP contribution in [0.15, 0.2) is 140 Å². The van der Waals surface area contributed by atoms with Crippen LogP contribution in [-0.4, -0.2) is 19.5 Å². The van der Waals surface area contributed by atoms with Gasteiger partial charge in [-0.05, 0) is 36.3 Å². The average Bonchev–Trinajstić information content (AvgIpc) is 3.83. The van der Waals surface area contributed by atoms with E-state index in [0.717, 1.165) is 28.9 Å². The number of nitrogens with zero attached hydrogens (tertiary/aromatic N) is 4. The highest BCUT2D eigenvalue weighted by molar-refractivity contribution is 7.26. The number of benzene rings is 5. The summed E-state index contributed by atoms with van der Waals surface area (Å²) in [4.78, 5) is 15.9. The maximum atomic E-state index is 5.40. The molecule has 224 valence electrons. The molecule has 0 bridgehead atoms. The summed E-state index contributed by atoms with van der Waals surface area (Å²) >= 11 is 1.80. The molecule has 8 aromatic rings. The number of allylic oxidation sites excluding steroid dienone is 5. The normalized spacial score (nSPS) is 17.3. The Balaban J connectivity index is 1.20. The molecule has 1 spiro atoms. The smallest absolute Gasteiger partial charge is 0.165 e. The zero-order chi connectivity index (χ0) is 31.4. The first-order valence-electron chi connectivity index (χ1n) is 16.4. The van der Waals surface area contributed by atoms with Crippen molar-refractivity contribution < 1.29 is 0 Å². The lowest BCUT2D eigenvalue weighted by Crippen LogP contribution is -2.36. The standard InChI is InChI=1S/C43H26N4S/c1-2-12-26(13-3-1)40-44-41(32-18-10-17-29-28-15-6-9-22-37(28)48-38(29)32)46-42(45-40)34-24-23-33-31-16-5-8-21-36(31)47-35-20-7-4-14-27(35)30-19-11-25-43(33,34)39(30)47/h1-24H,25H2. The number of thiophene rings is 1. The van der Waals surface area contributed by atoms with E-state index in [9.17, 15) is 0 Å². The molecule has 1 unspecified atom stereocenters. The number of rotatable bonds is 3. The van der Waals surface area contributed by atoms with Crippen molar-refractivity contribution in [1.82, 2.24) is 19.5 Å². The van der Waals surface area contributed by atoms with Crippen molar-refractivity contribution in [3.8, 4) is 28.5 Å². The van der Waals surface area contributed by atoms with E-state index < -0.39 is 5.41 Å². The van der Waals surface area contributed by atoms with Crippen LogP contribution >= 0.6 is 11.3 Å². The summed E-state index contributed by atoms with van der Waals surface area (Å²) in [6.07, 6.45) is 10.1. The van der Waals surface area contributed by atoms with Gasteiger partial charge in [-0.25, -0.2) is 15.0 Å². The first kappa shape index (κ1) is 26.2. The van der Waals surface area contributed by atoms with Gasteiger partial charge in [0.25, 0.3) is 0 Å². The first-order chi connectivity index (χ1) is 23.8. The fourth-order valence-corrected chi connectivity index (χ4v) is 9.58. The molecule has 1 aliphatic heterocycles. The molecule has 4 heterocycles. The molecule has 0 saturated heterocycles. The minimum Gasteiger partial charge on any atom is -0.311 e. The highest BCUT2D eigenvalue weighted by Gasteiger charge is 2.52. The molecular weight excluding hydrogens is 605 g/mol. The Bertz CT molecular complexity index is 2760. The zero-order valence-corrected chi connectivity index (χ0v) is 26.6. The third-order valence-electron chi connectivity index (χ3n) is 10.4. The van der Waals surface area contributed by atoms with Gasteiger partial charge in [-0.15, -0.1) is 11.3 Å². The zero-order valence-electron chi connectivity index (χ0n) is 25.8. The summed E-state index contributed by atoms with van der Waals surface area (Å²) in [5, 5.41) is 3.76. The lowest BCUT2D eigenvalue weighted by Gasteiger charge is -2.42. The predicted molar refractivity (Wildman–Crippen MR) is 198 cm³/mol. The Kier molecular flexibility index (Phi) is 5.22. The van der Waals surface area contributed by atoms with Gasteiger partial charge in [0.05, 0.1) is 16.6 Å². The van der Waals surface area contributed by atoms with E-state index in [0.29, 0.717) is 11.6 Å². The van der Waals surface area contributed by atoms with E-state index in [1.165, 1.54) is 59.2 Å². The molecule has 3 aromatic heterocycles. The summed E-state index contributed by atoms with van der Waals surface area (Å²) in [6, 6.07) is 43.0. The molecule has 0 saturated carbocycles. The third-order valence-corrected chi connectivity index (χ3v) is 11.6. The average molecular weight is 631 g/mol. The van der Waals surface area contributed by atoms with Crippen LogP contribution in [0, 0.1) is 0 Å². The van der Waals surface area contributed by atoms with Gasteiger partial charge in [0.2, 0.25) is 0 Å². The van der Waals surface area contributed by atoms with E-state index in [2.05, 4.69) is 132 Å². The van der Waals surface area contributed by atoms with Gasteiger partial charge in [-0.2, -0.15) is 0 Å². The Hall–Kier alpha value is -5.91. The SMILES string of the molecule is C1=Cc2c3n(c4ccccc24)-c2ccccc2C2=CC=C(c4nc(-c5ccccc5)nc(-c5cccc6c5sc5ccccc56)n4)C23C1. The number of para-hydroxylation sites is 2. The van der Waals surface area contributed by atoms with Crippen LogP contribution in [0.1, 0.15) is 29.1 Å². The van der Waals surface area contributed by atoms with E-state index in [4.69, 9.17) is 15.0 Å². The van der Waals surface area contributed by atoms with E-state index in [-0.39, 0.29) is 0 Å². The summed E-state index contributed by atoms with van der Waals surface area (Å²) in [6.45, 7) is 0. The molecule has 4 nitrogen and oxygen atoms in total. The Morgan fingerprint density at radius 2 is 1.29 bits per heavy atom. The molecule has 1 atom stereocenters. The lowest BCUT2D eigenvalue weighted by molar-refractivity contribution is 0.659. The van der Waals surface area contributed by atoms with Crippen molar-refractivity contribution in [3.63, 3.8) is 0 Å². The van der Waals surface area contributed by atoms with E-state index >= 15 is 0 Å². The van der Waals surface area contributed by atoms with Crippen molar-refractivity contribution in [3.05, 3.63) is 162 Å². The van der Waals surface area contributed by atoms with Gasteiger partial charge in [0.1, 0.15) is 0 Å². The number of hydrogen-bond donors (Lipinski definition) is 0. The van der Waals surface area contributed by atoms with Crippen LogP contribution in [0.3, 0.4) is 0 Å². The third kappa shape index (κ3) is 3.36. The van der Waals surface area contributed by atoms with Crippen molar-refractivity contribution in [2.45, 2.75) is 11.8 Å². The first-order valence-corrected chi connectivity index (χ1v) is 17.2. The number of fused-ring (bicyclic) bond motifs is 9. The van der Waals surface area contributed by atoms with Gasteiger partial charge in [0, 0.05) is 59.1 Å².